The highest BCUT2D eigenvalue weighted by molar-refractivity contribution is 5.92. The maximum Gasteiger partial charge on any atom is 0.167 e. The van der Waals surface area contributed by atoms with Crippen LogP contribution in [0.5, 0.6) is 11.5 Å². The Morgan fingerprint density at radius 2 is 1.55 bits per heavy atom. The maximum atomic E-state index is 10.3. The van der Waals surface area contributed by atoms with Crippen molar-refractivity contribution in [3.05, 3.63) is 69.7 Å². The summed E-state index contributed by atoms with van der Waals surface area (Å²) in [5.74, 6) is -0.283. The number of hydrogen-bond acceptors (Lipinski definition) is 4. The van der Waals surface area contributed by atoms with Crippen LogP contribution in [-0.2, 0) is 0 Å². The van der Waals surface area contributed by atoms with Gasteiger partial charge in [-0.3, -0.25) is 0 Å². The van der Waals surface area contributed by atoms with Gasteiger partial charge < -0.3 is 10.2 Å². The fourth-order valence-corrected chi connectivity index (χ4v) is 3.21. The standard InChI is InChI=1S/C18H10N2O2/c21-14-8-7-13-16(18(14)22)15-12(19-13)6-5-10-9-3-1-2-4-11(9)20-17(10)15/h1-8,21-22H. The van der Waals surface area contributed by atoms with Crippen LogP contribution in [0.15, 0.2) is 58.5 Å². The van der Waals surface area contributed by atoms with Crippen LogP contribution in [0.25, 0.3) is 11.1 Å². The van der Waals surface area contributed by atoms with Gasteiger partial charge in [0.05, 0.1) is 27.7 Å². The summed E-state index contributed by atoms with van der Waals surface area (Å²) in [4.78, 5) is 9.23. The first-order chi connectivity index (χ1) is 10.7. The molecule has 2 aliphatic heterocycles. The Hall–Kier alpha value is -3.14. The summed E-state index contributed by atoms with van der Waals surface area (Å²) in [6, 6.07) is 15.0. The first-order valence-electron chi connectivity index (χ1n) is 6.99. The summed E-state index contributed by atoms with van der Waals surface area (Å²) in [5, 5.41) is 23.9. The van der Waals surface area contributed by atoms with Gasteiger partial charge in [0.2, 0.25) is 0 Å². The largest absolute Gasteiger partial charge is 0.504 e. The van der Waals surface area contributed by atoms with Gasteiger partial charge in [-0.15, -0.1) is 0 Å². The van der Waals surface area contributed by atoms with E-state index in [0.717, 1.165) is 32.4 Å². The fourth-order valence-electron chi connectivity index (χ4n) is 3.21. The van der Waals surface area contributed by atoms with Gasteiger partial charge in [-0.25, -0.2) is 9.98 Å². The van der Waals surface area contributed by atoms with E-state index >= 15 is 0 Å². The molecule has 104 valence electrons. The lowest BCUT2D eigenvalue weighted by molar-refractivity contribution is 0.405. The molecule has 2 heterocycles. The summed E-state index contributed by atoms with van der Waals surface area (Å²) in [6.07, 6.45) is 0. The van der Waals surface area contributed by atoms with Crippen molar-refractivity contribution in [1.29, 1.82) is 0 Å². The summed E-state index contributed by atoms with van der Waals surface area (Å²) >= 11 is 0. The molecule has 2 aliphatic rings. The zero-order chi connectivity index (χ0) is 14.8. The number of para-hydroxylation sites is 1. The lowest BCUT2D eigenvalue weighted by Crippen LogP contribution is -2.00. The Morgan fingerprint density at radius 1 is 0.682 bits per heavy atom. The minimum atomic E-state index is -0.144. The van der Waals surface area contributed by atoms with Gasteiger partial charge in [0, 0.05) is 16.0 Å². The van der Waals surface area contributed by atoms with Crippen LogP contribution in [0.3, 0.4) is 0 Å². The number of fused-ring (bicyclic) bond motifs is 6. The van der Waals surface area contributed by atoms with Gasteiger partial charge in [-0.05, 0) is 30.3 Å². The van der Waals surface area contributed by atoms with Crippen LogP contribution >= 0.6 is 0 Å². The highest BCUT2D eigenvalue weighted by Gasteiger charge is 2.24. The third-order valence-electron chi connectivity index (χ3n) is 4.21. The van der Waals surface area contributed by atoms with Crippen molar-refractivity contribution < 1.29 is 10.2 Å². The summed E-state index contributed by atoms with van der Waals surface area (Å²) in [6.45, 7) is 0. The molecule has 0 fully saturated rings. The van der Waals surface area contributed by atoms with E-state index in [1.165, 1.54) is 6.07 Å². The second-order valence-electron chi connectivity index (χ2n) is 5.42. The molecule has 0 saturated heterocycles. The molecule has 3 aromatic carbocycles. The molecule has 0 unspecified atom stereocenters. The number of hydrogen-bond donors (Lipinski definition) is 2. The molecule has 4 heteroatoms. The molecule has 0 amide bonds. The first kappa shape index (κ1) is 11.5. The third-order valence-corrected chi connectivity index (χ3v) is 4.21. The molecular weight excluding hydrogens is 276 g/mol. The van der Waals surface area contributed by atoms with Crippen molar-refractivity contribution in [1.82, 2.24) is 0 Å². The monoisotopic (exact) mass is 286 g/mol. The molecule has 3 aromatic rings. The van der Waals surface area contributed by atoms with Gasteiger partial charge in [-0.1, -0.05) is 18.2 Å². The summed E-state index contributed by atoms with van der Waals surface area (Å²) in [5.41, 5.74) is 2.81. The van der Waals surface area contributed by atoms with E-state index in [-0.39, 0.29) is 11.5 Å². The molecule has 0 atom stereocenters. The molecule has 2 N–H and O–H groups in total. The number of phenols is 2. The number of benzene rings is 3. The maximum absolute atomic E-state index is 10.3. The number of aromatic hydroxyl groups is 2. The Labute approximate surface area is 124 Å². The van der Waals surface area contributed by atoms with Crippen molar-refractivity contribution >= 4 is 11.4 Å². The van der Waals surface area contributed by atoms with Gasteiger partial charge in [0.1, 0.15) is 0 Å². The average molecular weight is 286 g/mol. The van der Waals surface area contributed by atoms with E-state index in [2.05, 4.69) is 4.99 Å². The molecule has 5 rings (SSSR count). The second kappa shape index (κ2) is 3.74. The topological polar surface area (TPSA) is 65.2 Å². The molecule has 4 nitrogen and oxygen atoms in total. The van der Waals surface area contributed by atoms with Crippen LogP contribution in [0.1, 0.15) is 0 Å². The van der Waals surface area contributed by atoms with Crippen LogP contribution in [0, 0.1) is 10.4 Å². The predicted octanol–water partition coefficient (Wildman–Crippen LogP) is 2.58. The minimum absolute atomic E-state index is 0.139. The molecule has 0 aliphatic carbocycles. The van der Waals surface area contributed by atoms with E-state index < -0.39 is 0 Å². The Morgan fingerprint density at radius 3 is 2.45 bits per heavy atom. The normalized spacial score (nSPS) is 12.7. The smallest absolute Gasteiger partial charge is 0.167 e. The summed E-state index contributed by atoms with van der Waals surface area (Å²) < 4.78 is 0. The Bertz CT molecular complexity index is 1200. The molecule has 0 radical (unpaired) electrons. The second-order valence-corrected chi connectivity index (χ2v) is 5.42. The van der Waals surface area contributed by atoms with Crippen molar-refractivity contribution in [3.63, 3.8) is 0 Å². The zero-order valence-electron chi connectivity index (χ0n) is 11.4. The van der Waals surface area contributed by atoms with E-state index in [0.29, 0.717) is 11.3 Å². The highest BCUT2D eigenvalue weighted by atomic mass is 16.3. The van der Waals surface area contributed by atoms with Gasteiger partial charge in [0.15, 0.2) is 11.5 Å². The predicted molar refractivity (Wildman–Crippen MR) is 81.0 cm³/mol. The van der Waals surface area contributed by atoms with Crippen molar-refractivity contribution in [2.45, 2.75) is 0 Å². The molecule has 22 heavy (non-hydrogen) atoms. The molecule has 0 saturated carbocycles. The van der Waals surface area contributed by atoms with E-state index in [9.17, 15) is 10.2 Å². The van der Waals surface area contributed by atoms with E-state index in [1.54, 1.807) is 6.07 Å². The van der Waals surface area contributed by atoms with Crippen molar-refractivity contribution in [2.75, 3.05) is 0 Å². The minimum Gasteiger partial charge on any atom is -0.504 e. The Balaban J connectivity index is 2.01. The number of phenolic OH excluding ortho intramolecular Hbond substituents is 2. The van der Waals surface area contributed by atoms with Gasteiger partial charge in [0.25, 0.3) is 0 Å². The molecule has 0 aromatic heterocycles. The lowest BCUT2D eigenvalue weighted by Gasteiger charge is -2.06. The van der Waals surface area contributed by atoms with Crippen LogP contribution in [0.2, 0.25) is 0 Å². The molecular formula is C18H10N2O2. The van der Waals surface area contributed by atoms with Crippen LogP contribution < -0.4 is 10.7 Å². The quantitative estimate of drug-likeness (QED) is 0.430. The van der Waals surface area contributed by atoms with Gasteiger partial charge >= 0.3 is 0 Å². The number of rotatable bonds is 0. The summed E-state index contributed by atoms with van der Waals surface area (Å²) in [7, 11) is 0. The Kier molecular flexibility index (Phi) is 1.96. The molecule has 0 spiro atoms. The molecule has 0 bridgehead atoms. The lowest BCUT2D eigenvalue weighted by atomic mass is 10.0. The third kappa shape index (κ3) is 1.27. The first-order valence-corrected chi connectivity index (χ1v) is 6.99. The van der Waals surface area contributed by atoms with E-state index in [4.69, 9.17) is 4.99 Å². The average Bonchev–Trinajstić information content (AvgIpc) is 3.09. The van der Waals surface area contributed by atoms with Crippen molar-refractivity contribution in [3.8, 4) is 22.6 Å². The fraction of sp³-hybridized carbons (Fsp3) is 0. The van der Waals surface area contributed by atoms with Crippen molar-refractivity contribution in [2.24, 2.45) is 9.98 Å². The number of nitrogens with zero attached hydrogens (tertiary/aromatic N) is 2. The SMILES string of the molecule is Oc1ccc2c(c1O)-c1c3c(ccc1=N2)=c1ccccc1=N3. The highest BCUT2D eigenvalue weighted by Crippen LogP contribution is 2.47. The van der Waals surface area contributed by atoms with Crippen LogP contribution in [-0.4, -0.2) is 10.2 Å². The van der Waals surface area contributed by atoms with Crippen LogP contribution in [0.4, 0.5) is 11.4 Å². The van der Waals surface area contributed by atoms with E-state index in [1.807, 2.05) is 36.4 Å². The zero-order valence-corrected chi connectivity index (χ0v) is 11.4. The van der Waals surface area contributed by atoms with Gasteiger partial charge in [-0.2, -0.15) is 0 Å².